The number of Topliss-reactive ketones (excluding diaryl/α,β-unsaturated/α-hetero) is 1. The molecule has 0 aliphatic carbocycles. The number of hydrogen-bond donors (Lipinski definition) is 0. The number of rotatable bonds is 3. The number of carbonyl (C=O) groups excluding carboxylic acids is 1. The number of benzene rings is 2. The summed E-state index contributed by atoms with van der Waals surface area (Å²) in [6.45, 7) is 3.13. The third kappa shape index (κ3) is 3.12. The van der Waals surface area contributed by atoms with Crippen LogP contribution in [0.15, 0.2) is 36.4 Å². The van der Waals surface area contributed by atoms with E-state index < -0.39 is 0 Å². The SMILES string of the molecule is CC(=O)c1ccc(Oc2ccc(C)c(F)c2)c(Cl)c1. The summed E-state index contributed by atoms with van der Waals surface area (Å²) >= 11 is 6.02. The van der Waals surface area contributed by atoms with Gasteiger partial charge in [-0.2, -0.15) is 0 Å². The lowest BCUT2D eigenvalue weighted by atomic mass is 10.1. The minimum atomic E-state index is -0.339. The Balaban J connectivity index is 2.28. The summed E-state index contributed by atoms with van der Waals surface area (Å²) in [4.78, 5) is 11.2. The normalized spacial score (nSPS) is 10.3. The molecule has 0 saturated carbocycles. The number of ketones is 1. The minimum Gasteiger partial charge on any atom is -0.456 e. The van der Waals surface area contributed by atoms with E-state index in [1.165, 1.54) is 19.1 Å². The van der Waals surface area contributed by atoms with E-state index in [9.17, 15) is 9.18 Å². The second kappa shape index (κ2) is 5.41. The molecule has 0 spiro atoms. The highest BCUT2D eigenvalue weighted by Gasteiger charge is 2.08. The van der Waals surface area contributed by atoms with Gasteiger partial charge in [-0.05, 0) is 43.7 Å². The van der Waals surface area contributed by atoms with Gasteiger partial charge in [0.15, 0.2) is 5.78 Å². The van der Waals surface area contributed by atoms with Crippen LogP contribution in [0.3, 0.4) is 0 Å². The molecule has 2 rings (SSSR count). The van der Waals surface area contributed by atoms with Gasteiger partial charge in [0.25, 0.3) is 0 Å². The molecule has 2 aromatic rings. The number of ether oxygens (including phenoxy) is 1. The number of aryl methyl sites for hydroxylation is 1. The monoisotopic (exact) mass is 278 g/mol. The molecule has 0 unspecified atom stereocenters. The summed E-state index contributed by atoms with van der Waals surface area (Å²) in [7, 11) is 0. The van der Waals surface area contributed by atoms with Crippen LogP contribution >= 0.6 is 11.6 Å². The standard InChI is InChI=1S/C15H12ClFO2/c1-9-3-5-12(8-14(9)17)19-15-6-4-11(10(2)18)7-13(15)16/h3-8H,1-2H3. The molecule has 0 N–H and O–H groups in total. The molecular weight excluding hydrogens is 267 g/mol. The van der Waals surface area contributed by atoms with Gasteiger partial charge >= 0.3 is 0 Å². The zero-order valence-corrected chi connectivity index (χ0v) is 11.3. The van der Waals surface area contributed by atoms with Gasteiger partial charge in [0.1, 0.15) is 17.3 Å². The van der Waals surface area contributed by atoms with Crippen LogP contribution in [0.25, 0.3) is 0 Å². The van der Waals surface area contributed by atoms with Crippen molar-refractivity contribution in [1.82, 2.24) is 0 Å². The Kier molecular flexibility index (Phi) is 3.86. The van der Waals surface area contributed by atoms with Crippen molar-refractivity contribution in [1.29, 1.82) is 0 Å². The van der Waals surface area contributed by atoms with E-state index in [0.29, 0.717) is 27.6 Å². The molecule has 2 nitrogen and oxygen atoms in total. The fraction of sp³-hybridized carbons (Fsp3) is 0.133. The fourth-order valence-corrected chi connectivity index (χ4v) is 1.79. The summed E-state index contributed by atoms with van der Waals surface area (Å²) in [5.41, 5.74) is 1.05. The molecule has 0 fully saturated rings. The second-order valence-corrected chi connectivity index (χ2v) is 4.62. The van der Waals surface area contributed by atoms with Crippen LogP contribution in [0.4, 0.5) is 4.39 Å². The number of carbonyl (C=O) groups is 1. The lowest BCUT2D eigenvalue weighted by Crippen LogP contribution is -1.93. The maximum Gasteiger partial charge on any atom is 0.159 e. The van der Waals surface area contributed by atoms with E-state index in [-0.39, 0.29) is 11.6 Å². The molecule has 4 heteroatoms. The van der Waals surface area contributed by atoms with Crippen molar-refractivity contribution in [2.24, 2.45) is 0 Å². The van der Waals surface area contributed by atoms with Crippen LogP contribution in [0, 0.1) is 12.7 Å². The van der Waals surface area contributed by atoms with Crippen molar-refractivity contribution in [2.45, 2.75) is 13.8 Å². The number of halogens is 2. The molecule has 0 aromatic heterocycles. The Morgan fingerprint density at radius 2 is 1.95 bits per heavy atom. The van der Waals surface area contributed by atoms with E-state index in [0.717, 1.165) is 0 Å². The zero-order chi connectivity index (χ0) is 14.0. The third-order valence-corrected chi connectivity index (χ3v) is 3.00. The van der Waals surface area contributed by atoms with Gasteiger partial charge in [-0.3, -0.25) is 4.79 Å². The third-order valence-electron chi connectivity index (χ3n) is 2.71. The molecule has 0 saturated heterocycles. The van der Waals surface area contributed by atoms with Crippen LogP contribution in [0.2, 0.25) is 5.02 Å². The zero-order valence-electron chi connectivity index (χ0n) is 10.5. The number of hydrogen-bond acceptors (Lipinski definition) is 2. The summed E-state index contributed by atoms with van der Waals surface area (Å²) in [5, 5.41) is 0.314. The van der Waals surface area contributed by atoms with Crippen LogP contribution in [0.5, 0.6) is 11.5 Å². The quantitative estimate of drug-likeness (QED) is 0.755. The smallest absolute Gasteiger partial charge is 0.159 e. The van der Waals surface area contributed by atoms with Crippen molar-refractivity contribution >= 4 is 17.4 Å². The predicted molar refractivity (Wildman–Crippen MR) is 72.7 cm³/mol. The second-order valence-electron chi connectivity index (χ2n) is 4.21. The first-order valence-corrected chi connectivity index (χ1v) is 6.09. The highest BCUT2D eigenvalue weighted by Crippen LogP contribution is 2.30. The molecule has 0 heterocycles. The first-order valence-electron chi connectivity index (χ1n) is 5.72. The van der Waals surface area contributed by atoms with Crippen LogP contribution in [-0.2, 0) is 0 Å². The summed E-state index contributed by atoms with van der Waals surface area (Å²) in [5.74, 6) is 0.333. The van der Waals surface area contributed by atoms with Crippen LogP contribution in [0.1, 0.15) is 22.8 Å². The van der Waals surface area contributed by atoms with Gasteiger partial charge in [0, 0.05) is 11.6 Å². The van der Waals surface area contributed by atoms with Gasteiger partial charge in [-0.15, -0.1) is 0 Å². The van der Waals surface area contributed by atoms with Crippen LogP contribution in [-0.4, -0.2) is 5.78 Å². The van der Waals surface area contributed by atoms with Crippen molar-refractivity contribution in [3.63, 3.8) is 0 Å². The molecule has 19 heavy (non-hydrogen) atoms. The van der Waals surface area contributed by atoms with Gasteiger partial charge in [0.2, 0.25) is 0 Å². The lowest BCUT2D eigenvalue weighted by molar-refractivity contribution is 0.101. The maximum absolute atomic E-state index is 13.4. The topological polar surface area (TPSA) is 26.3 Å². The van der Waals surface area contributed by atoms with Gasteiger partial charge in [-0.1, -0.05) is 17.7 Å². The van der Waals surface area contributed by atoms with Crippen LogP contribution < -0.4 is 4.74 Å². The molecule has 0 bridgehead atoms. The summed E-state index contributed by atoms with van der Waals surface area (Å²) in [6.07, 6.45) is 0. The Hall–Kier alpha value is -1.87. The summed E-state index contributed by atoms with van der Waals surface area (Å²) < 4.78 is 18.9. The van der Waals surface area contributed by atoms with Gasteiger partial charge < -0.3 is 4.74 Å². The van der Waals surface area contributed by atoms with E-state index in [2.05, 4.69) is 0 Å². The maximum atomic E-state index is 13.4. The highest BCUT2D eigenvalue weighted by molar-refractivity contribution is 6.32. The van der Waals surface area contributed by atoms with Crippen molar-refractivity contribution in [3.8, 4) is 11.5 Å². The van der Waals surface area contributed by atoms with E-state index in [1.807, 2.05) is 0 Å². The molecule has 2 aromatic carbocycles. The fourth-order valence-electron chi connectivity index (χ4n) is 1.57. The van der Waals surface area contributed by atoms with Crippen molar-refractivity contribution in [3.05, 3.63) is 58.4 Å². The highest BCUT2D eigenvalue weighted by atomic mass is 35.5. The average Bonchev–Trinajstić information content (AvgIpc) is 2.36. The van der Waals surface area contributed by atoms with Gasteiger partial charge in [0.05, 0.1) is 5.02 Å². The Morgan fingerprint density at radius 3 is 2.53 bits per heavy atom. The lowest BCUT2D eigenvalue weighted by Gasteiger charge is -2.09. The molecule has 0 aliphatic rings. The Morgan fingerprint density at radius 1 is 1.21 bits per heavy atom. The van der Waals surface area contributed by atoms with E-state index >= 15 is 0 Å². The van der Waals surface area contributed by atoms with E-state index in [1.54, 1.807) is 31.2 Å². The molecule has 0 atom stereocenters. The predicted octanol–water partition coefficient (Wildman–Crippen LogP) is 4.78. The first kappa shape index (κ1) is 13.6. The van der Waals surface area contributed by atoms with E-state index in [4.69, 9.17) is 16.3 Å². The molecule has 0 amide bonds. The first-order chi connectivity index (χ1) is 8.97. The van der Waals surface area contributed by atoms with Crippen molar-refractivity contribution in [2.75, 3.05) is 0 Å². The average molecular weight is 279 g/mol. The Labute approximate surface area is 115 Å². The largest absolute Gasteiger partial charge is 0.456 e. The summed E-state index contributed by atoms with van der Waals surface area (Å²) in [6, 6.07) is 9.33. The van der Waals surface area contributed by atoms with Gasteiger partial charge in [-0.25, -0.2) is 4.39 Å². The van der Waals surface area contributed by atoms with Crippen molar-refractivity contribution < 1.29 is 13.9 Å². The molecule has 0 radical (unpaired) electrons. The molecular formula is C15H12ClFO2. The Bertz CT molecular complexity index is 638. The minimum absolute atomic E-state index is 0.0742. The molecule has 98 valence electrons. The molecule has 0 aliphatic heterocycles.